The normalized spacial score (nSPS) is 18.1. The molecule has 0 aromatic carbocycles. The first-order valence-corrected chi connectivity index (χ1v) is 6.95. The Morgan fingerprint density at radius 1 is 1.22 bits per heavy atom. The van der Waals surface area contributed by atoms with E-state index in [-0.39, 0.29) is 5.54 Å². The maximum absolute atomic E-state index is 5.79. The lowest BCUT2D eigenvalue weighted by Gasteiger charge is -2.42. The zero-order valence-electron chi connectivity index (χ0n) is 11.1. The second kappa shape index (κ2) is 5.01. The second-order valence-corrected chi connectivity index (χ2v) is 6.40. The number of hydrogen-bond donors (Lipinski definition) is 1. The van der Waals surface area contributed by atoms with E-state index in [0.29, 0.717) is 5.82 Å². The Bertz CT molecular complexity index is 421. The molecule has 6 heteroatoms. The van der Waals surface area contributed by atoms with Crippen molar-refractivity contribution in [1.82, 2.24) is 14.9 Å². The number of nitrogen functional groups attached to an aromatic ring is 1. The fourth-order valence-electron chi connectivity index (χ4n) is 2.10. The van der Waals surface area contributed by atoms with Crippen molar-refractivity contribution in [2.75, 3.05) is 36.8 Å². The monoisotopic (exact) mass is 313 g/mol. The molecule has 18 heavy (non-hydrogen) atoms. The smallest absolute Gasteiger partial charge is 0.227 e. The maximum atomic E-state index is 5.79. The number of aromatic nitrogens is 2. The summed E-state index contributed by atoms with van der Waals surface area (Å²) in [5, 5.41) is 0. The van der Waals surface area contributed by atoms with Gasteiger partial charge in [0.25, 0.3) is 0 Å². The molecular weight excluding hydrogens is 294 g/mol. The molecule has 0 unspecified atom stereocenters. The molecule has 1 saturated heterocycles. The van der Waals surface area contributed by atoms with Crippen LogP contribution in [0.2, 0.25) is 0 Å². The molecule has 0 bridgehead atoms. The Kier molecular flexibility index (Phi) is 3.77. The zero-order chi connectivity index (χ0) is 13.3. The first-order chi connectivity index (χ1) is 8.38. The molecule has 2 N–H and O–H groups in total. The predicted molar refractivity (Wildman–Crippen MR) is 77.7 cm³/mol. The van der Waals surface area contributed by atoms with E-state index < -0.39 is 0 Å². The molecule has 1 aromatic rings. The molecule has 1 aliphatic rings. The van der Waals surface area contributed by atoms with Gasteiger partial charge in [-0.05, 0) is 36.7 Å². The van der Waals surface area contributed by atoms with Gasteiger partial charge in [0, 0.05) is 37.9 Å². The topological polar surface area (TPSA) is 58.3 Å². The first kappa shape index (κ1) is 13.5. The van der Waals surface area contributed by atoms with Crippen molar-refractivity contribution in [1.29, 1.82) is 0 Å². The van der Waals surface area contributed by atoms with Crippen LogP contribution >= 0.6 is 15.9 Å². The van der Waals surface area contributed by atoms with E-state index in [9.17, 15) is 0 Å². The maximum Gasteiger partial charge on any atom is 0.227 e. The van der Waals surface area contributed by atoms with Crippen LogP contribution in [0.1, 0.15) is 20.8 Å². The largest absolute Gasteiger partial charge is 0.383 e. The average molecular weight is 314 g/mol. The average Bonchev–Trinajstić information content (AvgIpc) is 2.32. The summed E-state index contributed by atoms with van der Waals surface area (Å²) in [7, 11) is 0. The van der Waals surface area contributed by atoms with Gasteiger partial charge in [-0.1, -0.05) is 0 Å². The van der Waals surface area contributed by atoms with Gasteiger partial charge in [-0.3, -0.25) is 4.90 Å². The van der Waals surface area contributed by atoms with Gasteiger partial charge in [0.1, 0.15) is 5.82 Å². The van der Waals surface area contributed by atoms with Crippen LogP contribution in [0.25, 0.3) is 0 Å². The lowest BCUT2D eigenvalue weighted by atomic mass is 10.1. The molecule has 1 fully saturated rings. The molecule has 100 valence electrons. The van der Waals surface area contributed by atoms with E-state index in [4.69, 9.17) is 5.73 Å². The zero-order valence-corrected chi connectivity index (χ0v) is 12.7. The molecule has 0 aliphatic carbocycles. The van der Waals surface area contributed by atoms with Crippen LogP contribution < -0.4 is 10.6 Å². The van der Waals surface area contributed by atoms with E-state index in [0.717, 1.165) is 36.6 Å². The van der Waals surface area contributed by atoms with Gasteiger partial charge in [-0.25, -0.2) is 4.98 Å². The van der Waals surface area contributed by atoms with E-state index in [1.807, 2.05) is 0 Å². The standard InChI is InChI=1S/C12H20BrN5/c1-12(2,3)18-6-4-17(5-7-18)11-15-8-9(13)10(14)16-11/h8H,4-7H2,1-3H3,(H2,14,15,16). The fourth-order valence-corrected chi connectivity index (χ4v) is 2.29. The molecule has 0 amide bonds. The molecule has 2 heterocycles. The highest BCUT2D eigenvalue weighted by molar-refractivity contribution is 9.10. The van der Waals surface area contributed by atoms with Crippen LogP contribution in [-0.4, -0.2) is 46.6 Å². The quantitative estimate of drug-likeness (QED) is 0.856. The van der Waals surface area contributed by atoms with Gasteiger partial charge >= 0.3 is 0 Å². The van der Waals surface area contributed by atoms with Crippen LogP contribution in [0, 0.1) is 0 Å². The van der Waals surface area contributed by atoms with E-state index in [2.05, 4.69) is 56.5 Å². The highest BCUT2D eigenvalue weighted by Crippen LogP contribution is 2.21. The number of halogens is 1. The van der Waals surface area contributed by atoms with E-state index in [1.165, 1.54) is 0 Å². The summed E-state index contributed by atoms with van der Waals surface area (Å²) in [6, 6.07) is 0. The highest BCUT2D eigenvalue weighted by atomic mass is 79.9. The highest BCUT2D eigenvalue weighted by Gasteiger charge is 2.26. The number of rotatable bonds is 1. The van der Waals surface area contributed by atoms with Crippen LogP contribution in [0.5, 0.6) is 0 Å². The van der Waals surface area contributed by atoms with Crippen LogP contribution in [-0.2, 0) is 0 Å². The minimum atomic E-state index is 0.228. The summed E-state index contributed by atoms with van der Waals surface area (Å²) < 4.78 is 0.750. The first-order valence-electron chi connectivity index (χ1n) is 6.16. The van der Waals surface area contributed by atoms with Crippen LogP contribution in [0.3, 0.4) is 0 Å². The van der Waals surface area contributed by atoms with Crippen molar-refractivity contribution in [3.63, 3.8) is 0 Å². The number of hydrogen-bond acceptors (Lipinski definition) is 5. The Balaban J connectivity index is 2.03. The van der Waals surface area contributed by atoms with Crippen molar-refractivity contribution in [3.05, 3.63) is 10.7 Å². The van der Waals surface area contributed by atoms with Crippen molar-refractivity contribution >= 4 is 27.7 Å². The van der Waals surface area contributed by atoms with Gasteiger partial charge in [-0.15, -0.1) is 0 Å². The molecular formula is C12H20BrN5. The van der Waals surface area contributed by atoms with Gasteiger partial charge in [0.05, 0.1) is 4.47 Å². The van der Waals surface area contributed by atoms with E-state index in [1.54, 1.807) is 6.20 Å². The molecule has 0 atom stereocenters. The minimum absolute atomic E-state index is 0.228. The second-order valence-electron chi connectivity index (χ2n) is 5.55. The molecule has 2 rings (SSSR count). The third kappa shape index (κ3) is 2.92. The van der Waals surface area contributed by atoms with Crippen molar-refractivity contribution in [2.45, 2.75) is 26.3 Å². The summed E-state index contributed by atoms with van der Waals surface area (Å²) in [4.78, 5) is 13.3. The number of piperazine rings is 1. The molecule has 5 nitrogen and oxygen atoms in total. The summed E-state index contributed by atoms with van der Waals surface area (Å²) in [6.45, 7) is 10.7. The minimum Gasteiger partial charge on any atom is -0.383 e. The Hall–Kier alpha value is -0.880. The number of anilines is 2. The molecule has 0 radical (unpaired) electrons. The van der Waals surface area contributed by atoms with Crippen molar-refractivity contribution in [2.24, 2.45) is 0 Å². The predicted octanol–water partition coefficient (Wildman–Crippen LogP) is 1.74. The summed E-state index contributed by atoms with van der Waals surface area (Å²) in [5.74, 6) is 1.22. The molecule has 1 aromatic heterocycles. The van der Waals surface area contributed by atoms with Gasteiger partial charge in [0.15, 0.2) is 0 Å². The number of nitrogens with zero attached hydrogens (tertiary/aromatic N) is 4. The van der Waals surface area contributed by atoms with Gasteiger partial charge in [0.2, 0.25) is 5.95 Å². The molecule has 0 spiro atoms. The summed E-state index contributed by atoms with van der Waals surface area (Å²) in [5.41, 5.74) is 6.02. The summed E-state index contributed by atoms with van der Waals surface area (Å²) in [6.07, 6.45) is 1.72. The molecule has 0 saturated carbocycles. The van der Waals surface area contributed by atoms with Crippen LogP contribution in [0.15, 0.2) is 10.7 Å². The Labute approximate surface area is 117 Å². The Morgan fingerprint density at radius 3 is 2.33 bits per heavy atom. The lowest BCUT2D eigenvalue weighted by molar-refractivity contribution is 0.128. The summed E-state index contributed by atoms with van der Waals surface area (Å²) >= 11 is 3.31. The van der Waals surface area contributed by atoms with Crippen molar-refractivity contribution in [3.8, 4) is 0 Å². The van der Waals surface area contributed by atoms with Crippen LogP contribution in [0.4, 0.5) is 11.8 Å². The Morgan fingerprint density at radius 2 is 1.83 bits per heavy atom. The lowest BCUT2D eigenvalue weighted by Crippen LogP contribution is -2.53. The fraction of sp³-hybridized carbons (Fsp3) is 0.667. The van der Waals surface area contributed by atoms with Gasteiger partial charge < -0.3 is 10.6 Å². The van der Waals surface area contributed by atoms with Crippen molar-refractivity contribution < 1.29 is 0 Å². The number of nitrogens with two attached hydrogens (primary N) is 1. The third-order valence-electron chi connectivity index (χ3n) is 3.27. The third-order valence-corrected chi connectivity index (χ3v) is 3.88. The molecule has 1 aliphatic heterocycles. The van der Waals surface area contributed by atoms with E-state index >= 15 is 0 Å². The SMILES string of the molecule is CC(C)(C)N1CCN(c2ncc(Br)c(N)n2)CC1. The van der Waals surface area contributed by atoms with Gasteiger partial charge in [-0.2, -0.15) is 4.98 Å².